The Bertz CT molecular complexity index is 507. The molecule has 0 spiro atoms. The van der Waals surface area contributed by atoms with Crippen LogP contribution in [-0.2, 0) is 0 Å². The van der Waals surface area contributed by atoms with Gasteiger partial charge in [0, 0.05) is 11.4 Å². The van der Waals surface area contributed by atoms with E-state index in [1.807, 2.05) is 23.1 Å². The Hall–Kier alpha value is -1.22. The minimum atomic E-state index is -0.191. The van der Waals surface area contributed by atoms with Crippen molar-refractivity contribution in [3.05, 3.63) is 40.8 Å². The van der Waals surface area contributed by atoms with Gasteiger partial charge in [-0.1, -0.05) is 56.5 Å². The molecule has 1 aromatic carbocycles. The molecule has 0 saturated carbocycles. The van der Waals surface area contributed by atoms with Crippen molar-refractivity contribution in [2.45, 2.75) is 52.0 Å². The van der Waals surface area contributed by atoms with Gasteiger partial charge in [-0.05, 0) is 43.7 Å². The average molecular weight is 303 g/mol. The minimum absolute atomic E-state index is 0.191. The van der Waals surface area contributed by atoms with Crippen LogP contribution in [0.25, 0.3) is 6.08 Å². The summed E-state index contributed by atoms with van der Waals surface area (Å²) in [7, 11) is 0. The van der Waals surface area contributed by atoms with Gasteiger partial charge in [-0.2, -0.15) is 0 Å². The number of hydrogen-bond donors (Lipinski definition) is 0. The molecule has 1 amide bonds. The highest BCUT2D eigenvalue weighted by Crippen LogP contribution is 2.44. The van der Waals surface area contributed by atoms with E-state index in [0.29, 0.717) is 0 Å². The van der Waals surface area contributed by atoms with Gasteiger partial charge in [-0.15, -0.1) is 0 Å². The van der Waals surface area contributed by atoms with Crippen LogP contribution in [0.2, 0.25) is 0 Å². The van der Waals surface area contributed by atoms with Crippen molar-refractivity contribution in [1.29, 1.82) is 0 Å². The quantitative estimate of drug-likeness (QED) is 0.642. The van der Waals surface area contributed by atoms with E-state index in [9.17, 15) is 4.79 Å². The zero-order valence-corrected chi connectivity index (χ0v) is 14.1. The lowest BCUT2D eigenvalue weighted by Gasteiger charge is -2.31. The fourth-order valence-electron chi connectivity index (χ4n) is 2.61. The van der Waals surface area contributed by atoms with Gasteiger partial charge < -0.3 is 4.90 Å². The molecule has 0 unspecified atom stereocenters. The van der Waals surface area contributed by atoms with Crippen molar-refractivity contribution in [3.63, 3.8) is 0 Å². The highest BCUT2D eigenvalue weighted by molar-refractivity contribution is 8.17. The van der Waals surface area contributed by atoms with E-state index >= 15 is 0 Å². The summed E-state index contributed by atoms with van der Waals surface area (Å²) in [5.74, 6) is 0. The maximum absolute atomic E-state index is 12.3. The van der Waals surface area contributed by atoms with Crippen LogP contribution in [0.3, 0.4) is 0 Å². The molecule has 0 radical (unpaired) electrons. The molecule has 21 heavy (non-hydrogen) atoms. The summed E-state index contributed by atoms with van der Waals surface area (Å²) < 4.78 is 0. The van der Waals surface area contributed by atoms with E-state index in [4.69, 9.17) is 0 Å². The number of hydrogen-bond acceptors (Lipinski definition) is 2. The molecule has 0 bridgehead atoms. The molecule has 2 nitrogen and oxygen atoms in total. The van der Waals surface area contributed by atoms with Gasteiger partial charge in [-0.3, -0.25) is 4.79 Å². The molecule has 0 N–H and O–H groups in total. The number of carbonyl (C=O) groups is 1. The zero-order chi connectivity index (χ0) is 15.3. The summed E-state index contributed by atoms with van der Waals surface area (Å²) in [6.45, 7) is 7.38. The number of amides is 1. The third kappa shape index (κ3) is 3.91. The minimum Gasteiger partial charge on any atom is -0.324 e. The third-order valence-corrected chi connectivity index (χ3v) is 5.26. The van der Waals surface area contributed by atoms with Gasteiger partial charge in [0.2, 0.25) is 0 Å². The number of nitrogens with zero attached hydrogens (tertiary/aromatic N) is 1. The van der Waals surface area contributed by atoms with Crippen molar-refractivity contribution in [1.82, 2.24) is 4.90 Å². The number of benzene rings is 1. The maximum atomic E-state index is 12.3. The number of carbonyl (C=O) groups excluding carboxylic acids is 1. The van der Waals surface area contributed by atoms with E-state index in [1.54, 1.807) is 0 Å². The summed E-state index contributed by atoms with van der Waals surface area (Å²) >= 11 is 1.39. The predicted octanol–water partition coefficient (Wildman–Crippen LogP) is 5.56. The second-order valence-corrected chi connectivity index (χ2v) is 7.05. The molecule has 2 rings (SSSR count). The first-order chi connectivity index (χ1) is 10.1. The highest BCUT2D eigenvalue weighted by atomic mass is 32.2. The fourth-order valence-corrected chi connectivity index (χ4v) is 3.78. The van der Waals surface area contributed by atoms with Crippen LogP contribution in [-0.4, -0.2) is 22.2 Å². The number of thioether (sulfide) groups is 1. The molecule has 0 aliphatic carbocycles. The first kappa shape index (κ1) is 16.2. The van der Waals surface area contributed by atoms with Crippen LogP contribution < -0.4 is 0 Å². The van der Waals surface area contributed by atoms with Crippen molar-refractivity contribution >= 4 is 23.1 Å². The first-order valence-electron chi connectivity index (χ1n) is 7.82. The topological polar surface area (TPSA) is 20.3 Å². The largest absolute Gasteiger partial charge is 0.324 e. The smallest absolute Gasteiger partial charge is 0.286 e. The molecule has 1 fully saturated rings. The summed E-state index contributed by atoms with van der Waals surface area (Å²) in [4.78, 5) is 15.5. The van der Waals surface area contributed by atoms with E-state index in [1.165, 1.54) is 31.0 Å². The second-order valence-electron chi connectivity index (χ2n) is 6.06. The maximum Gasteiger partial charge on any atom is 0.286 e. The van der Waals surface area contributed by atoms with Crippen molar-refractivity contribution in [3.8, 4) is 0 Å². The van der Waals surface area contributed by atoms with Crippen LogP contribution in [0.4, 0.5) is 4.79 Å². The number of rotatable bonds is 6. The lowest BCUT2D eigenvalue weighted by molar-refractivity contribution is 0.185. The van der Waals surface area contributed by atoms with Gasteiger partial charge in [0.05, 0.1) is 5.54 Å². The SMILES string of the molecule is CCCCCCN1C(=O)S/C(=C\c2ccccc2)C1(C)C. The molecule has 0 atom stereocenters. The van der Waals surface area contributed by atoms with Gasteiger partial charge in [-0.25, -0.2) is 0 Å². The van der Waals surface area contributed by atoms with Crippen LogP contribution >= 0.6 is 11.8 Å². The molecular weight excluding hydrogens is 278 g/mol. The fraction of sp³-hybridized carbons (Fsp3) is 0.500. The average Bonchev–Trinajstić information content (AvgIpc) is 2.67. The van der Waals surface area contributed by atoms with Crippen LogP contribution in [0, 0.1) is 0 Å². The Labute approximate surface area is 132 Å². The first-order valence-corrected chi connectivity index (χ1v) is 8.64. The molecule has 1 aromatic rings. The van der Waals surface area contributed by atoms with Gasteiger partial charge >= 0.3 is 0 Å². The molecule has 1 aliphatic rings. The second kappa shape index (κ2) is 7.17. The Balaban J connectivity index is 2.09. The molecule has 1 heterocycles. The lowest BCUT2D eigenvalue weighted by Crippen LogP contribution is -2.41. The molecule has 0 aromatic heterocycles. The molecule has 3 heteroatoms. The Kier molecular flexibility index (Phi) is 5.51. The molecular formula is C18H25NOS. The monoisotopic (exact) mass is 303 g/mol. The van der Waals surface area contributed by atoms with Crippen molar-refractivity contribution in [2.24, 2.45) is 0 Å². The summed E-state index contributed by atoms with van der Waals surface area (Å²) in [6.07, 6.45) is 6.93. The Morgan fingerprint density at radius 1 is 1.14 bits per heavy atom. The van der Waals surface area contributed by atoms with E-state index in [-0.39, 0.29) is 10.8 Å². The number of unbranched alkanes of at least 4 members (excludes halogenated alkanes) is 3. The van der Waals surface area contributed by atoms with Gasteiger partial charge in [0.15, 0.2) is 0 Å². The summed E-state index contributed by atoms with van der Waals surface area (Å²) in [6, 6.07) is 10.2. The lowest BCUT2D eigenvalue weighted by atomic mass is 10.00. The van der Waals surface area contributed by atoms with E-state index < -0.39 is 0 Å². The van der Waals surface area contributed by atoms with Gasteiger partial charge in [0.1, 0.15) is 0 Å². The third-order valence-electron chi connectivity index (χ3n) is 4.03. The van der Waals surface area contributed by atoms with E-state index in [0.717, 1.165) is 23.4 Å². The van der Waals surface area contributed by atoms with Crippen LogP contribution in [0.15, 0.2) is 35.2 Å². The van der Waals surface area contributed by atoms with Crippen LogP contribution in [0.5, 0.6) is 0 Å². The Morgan fingerprint density at radius 3 is 2.52 bits per heavy atom. The predicted molar refractivity (Wildman–Crippen MR) is 92.3 cm³/mol. The van der Waals surface area contributed by atoms with E-state index in [2.05, 4.69) is 39.0 Å². The summed E-state index contributed by atoms with van der Waals surface area (Å²) in [5.41, 5.74) is 0.970. The van der Waals surface area contributed by atoms with Crippen molar-refractivity contribution in [2.75, 3.05) is 6.54 Å². The van der Waals surface area contributed by atoms with Crippen LogP contribution in [0.1, 0.15) is 52.0 Å². The normalized spacial score (nSPS) is 19.5. The molecule has 1 saturated heterocycles. The highest BCUT2D eigenvalue weighted by Gasteiger charge is 2.42. The Morgan fingerprint density at radius 2 is 1.86 bits per heavy atom. The standard InChI is InChI=1S/C18H25NOS/c1-4-5-6-10-13-19-17(20)21-16(18(19,2)3)14-15-11-8-7-9-12-15/h7-9,11-12,14H,4-6,10,13H2,1-3H3/b16-14-. The van der Waals surface area contributed by atoms with Crippen molar-refractivity contribution < 1.29 is 4.79 Å². The zero-order valence-electron chi connectivity index (χ0n) is 13.3. The summed E-state index contributed by atoms with van der Waals surface area (Å²) in [5, 5.41) is 0.193. The van der Waals surface area contributed by atoms with Gasteiger partial charge in [0.25, 0.3) is 5.24 Å². The molecule has 114 valence electrons. The molecule has 1 aliphatic heterocycles.